The number of amides is 3. The Morgan fingerprint density at radius 3 is 1.98 bits per heavy atom. The first-order valence-corrected chi connectivity index (χ1v) is 13.4. The van der Waals surface area contributed by atoms with Crippen molar-refractivity contribution < 1.29 is 39.2 Å². The van der Waals surface area contributed by atoms with Crippen LogP contribution in [0.5, 0.6) is 5.75 Å². The molecule has 0 heterocycles. The first kappa shape index (κ1) is 31.9. The minimum atomic E-state index is -1.06. The van der Waals surface area contributed by atoms with Crippen LogP contribution in [-0.4, -0.2) is 75.8 Å². The van der Waals surface area contributed by atoms with Crippen LogP contribution in [0, 0.1) is 0 Å². The fourth-order valence-electron chi connectivity index (χ4n) is 3.94. The quantitative estimate of drug-likeness (QED) is 0.208. The number of carbonyl (C=O) groups excluding carboxylic acids is 2. The predicted molar refractivity (Wildman–Crippen MR) is 158 cm³/mol. The number of carbonyl (C=O) groups is 3. The summed E-state index contributed by atoms with van der Waals surface area (Å²) in [4.78, 5) is 37.8. The number of benzene rings is 3. The van der Waals surface area contributed by atoms with Gasteiger partial charge in [-0.3, -0.25) is 4.90 Å². The van der Waals surface area contributed by atoms with E-state index < -0.39 is 35.8 Å². The molecule has 42 heavy (non-hydrogen) atoms. The van der Waals surface area contributed by atoms with E-state index in [9.17, 15) is 24.6 Å². The zero-order chi connectivity index (χ0) is 30.7. The first-order chi connectivity index (χ1) is 19.9. The highest BCUT2D eigenvalue weighted by atomic mass is 16.6. The van der Waals surface area contributed by atoms with Crippen LogP contribution in [0.4, 0.5) is 21.0 Å². The number of urea groups is 1. The average molecular weight is 580 g/mol. The van der Waals surface area contributed by atoms with E-state index in [1.807, 2.05) is 18.2 Å². The third-order valence-corrected chi connectivity index (χ3v) is 5.95. The molecule has 3 rings (SSSR count). The van der Waals surface area contributed by atoms with Gasteiger partial charge < -0.3 is 35.4 Å². The zero-order valence-corrected chi connectivity index (χ0v) is 23.8. The molecule has 0 aliphatic heterocycles. The van der Waals surface area contributed by atoms with Gasteiger partial charge in [-0.05, 0) is 81.3 Å². The lowest BCUT2D eigenvalue weighted by Crippen LogP contribution is -2.50. The van der Waals surface area contributed by atoms with E-state index in [2.05, 4.69) is 10.6 Å². The number of hydrogen-bond donors (Lipinski definition) is 5. The molecule has 3 aromatic rings. The molecular formula is C31H37N3O8. The van der Waals surface area contributed by atoms with Gasteiger partial charge in [0.15, 0.2) is 0 Å². The number of ether oxygens (including phenoxy) is 2. The summed E-state index contributed by atoms with van der Waals surface area (Å²) in [6.07, 6.45) is -1.46. The summed E-state index contributed by atoms with van der Waals surface area (Å²) >= 11 is 0. The van der Waals surface area contributed by atoms with Crippen LogP contribution >= 0.6 is 0 Å². The highest BCUT2D eigenvalue weighted by Gasteiger charge is 2.30. The molecule has 3 amide bonds. The van der Waals surface area contributed by atoms with E-state index in [1.165, 1.54) is 29.2 Å². The number of nitrogens with one attached hydrogen (secondary N) is 2. The third-order valence-electron chi connectivity index (χ3n) is 5.95. The Morgan fingerprint density at radius 1 is 0.881 bits per heavy atom. The van der Waals surface area contributed by atoms with Gasteiger partial charge in [-0.25, -0.2) is 14.4 Å². The third kappa shape index (κ3) is 10.4. The number of anilines is 2. The van der Waals surface area contributed by atoms with Crippen LogP contribution < -0.4 is 15.4 Å². The van der Waals surface area contributed by atoms with E-state index in [-0.39, 0.29) is 31.7 Å². The van der Waals surface area contributed by atoms with E-state index >= 15 is 0 Å². The summed E-state index contributed by atoms with van der Waals surface area (Å²) in [7, 11) is 0. The molecule has 0 saturated carbocycles. The molecule has 5 N–H and O–H groups in total. The topological polar surface area (TPSA) is 158 Å². The summed E-state index contributed by atoms with van der Waals surface area (Å²) in [5, 5.41) is 35.2. The van der Waals surface area contributed by atoms with Crippen molar-refractivity contribution in [1.29, 1.82) is 0 Å². The van der Waals surface area contributed by atoms with Gasteiger partial charge in [0.1, 0.15) is 24.1 Å². The fraction of sp³-hybridized carbons (Fsp3) is 0.323. The molecular weight excluding hydrogens is 542 g/mol. The molecule has 0 aromatic heterocycles. The Bertz CT molecular complexity index is 1310. The molecule has 2 atom stereocenters. The minimum Gasteiger partial charge on any atom is -0.491 e. The van der Waals surface area contributed by atoms with Crippen molar-refractivity contribution in [1.82, 2.24) is 4.90 Å². The number of hydrogen-bond acceptors (Lipinski definition) is 7. The molecule has 224 valence electrons. The van der Waals surface area contributed by atoms with Gasteiger partial charge in [0.25, 0.3) is 0 Å². The molecule has 0 bridgehead atoms. The maximum absolute atomic E-state index is 13.1. The normalized spacial score (nSPS) is 12.5. The highest BCUT2D eigenvalue weighted by Crippen LogP contribution is 2.18. The maximum atomic E-state index is 13.1. The van der Waals surface area contributed by atoms with E-state index in [1.54, 1.807) is 57.2 Å². The lowest BCUT2D eigenvalue weighted by Gasteiger charge is -2.34. The van der Waals surface area contributed by atoms with Gasteiger partial charge in [0, 0.05) is 11.4 Å². The van der Waals surface area contributed by atoms with Gasteiger partial charge in [-0.15, -0.1) is 0 Å². The van der Waals surface area contributed by atoms with Crippen molar-refractivity contribution in [2.24, 2.45) is 0 Å². The van der Waals surface area contributed by atoms with Gasteiger partial charge in [0.05, 0.1) is 24.8 Å². The van der Waals surface area contributed by atoms with Crippen molar-refractivity contribution in [2.45, 2.75) is 44.9 Å². The monoisotopic (exact) mass is 579 g/mol. The van der Waals surface area contributed by atoms with Gasteiger partial charge in [-0.2, -0.15) is 0 Å². The highest BCUT2D eigenvalue weighted by molar-refractivity contribution is 6.00. The van der Waals surface area contributed by atoms with Crippen LogP contribution in [0.25, 0.3) is 0 Å². The lowest BCUT2D eigenvalue weighted by atomic mass is 10.0. The lowest BCUT2D eigenvalue weighted by molar-refractivity contribution is -0.00892. The zero-order valence-electron chi connectivity index (χ0n) is 23.8. The second-order valence-corrected chi connectivity index (χ2v) is 10.6. The molecule has 0 aliphatic rings. The van der Waals surface area contributed by atoms with Gasteiger partial charge in [-0.1, -0.05) is 30.3 Å². The molecule has 0 radical (unpaired) electrons. The Balaban J connectivity index is 1.63. The van der Waals surface area contributed by atoms with E-state index in [0.717, 1.165) is 5.56 Å². The maximum Gasteiger partial charge on any atom is 0.410 e. The predicted octanol–water partition coefficient (Wildman–Crippen LogP) is 4.61. The second-order valence-electron chi connectivity index (χ2n) is 10.6. The molecule has 0 spiro atoms. The van der Waals surface area contributed by atoms with E-state index in [0.29, 0.717) is 17.1 Å². The number of rotatable bonds is 12. The Kier molecular flexibility index (Phi) is 11.3. The van der Waals surface area contributed by atoms with Gasteiger partial charge >= 0.3 is 18.1 Å². The minimum absolute atomic E-state index is 0.0619. The number of aromatic carboxylic acids is 1. The molecule has 11 nitrogen and oxygen atoms in total. The molecule has 2 unspecified atom stereocenters. The number of para-hydroxylation sites is 1. The van der Waals surface area contributed by atoms with Crippen LogP contribution in [0.15, 0.2) is 78.9 Å². The number of carboxylic acids is 1. The first-order valence-electron chi connectivity index (χ1n) is 13.4. The largest absolute Gasteiger partial charge is 0.491 e. The summed E-state index contributed by atoms with van der Waals surface area (Å²) in [6.45, 7) is 4.64. The van der Waals surface area contributed by atoms with Crippen LogP contribution in [0.1, 0.15) is 36.7 Å². The molecule has 0 fully saturated rings. The second kappa shape index (κ2) is 14.9. The summed E-state index contributed by atoms with van der Waals surface area (Å²) in [5.41, 5.74) is 1.02. The molecule has 3 aromatic carbocycles. The summed E-state index contributed by atoms with van der Waals surface area (Å²) in [5.74, 6) is -0.477. The smallest absolute Gasteiger partial charge is 0.410 e. The number of nitrogens with zero attached hydrogens (tertiary/aromatic N) is 1. The van der Waals surface area contributed by atoms with Crippen molar-refractivity contribution in [3.8, 4) is 5.75 Å². The van der Waals surface area contributed by atoms with Crippen LogP contribution in [-0.2, 0) is 11.2 Å². The number of carboxylic acid groups (broad SMARTS) is 1. The van der Waals surface area contributed by atoms with E-state index in [4.69, 9.17) is 14.6 Å². The van der Waals surface area contributed by atoms with Gasteiger partial charge in [0.2, 0.25) is 0 Å². The van der Waals surface area contributed by atoms with Crippen molar-refractivity contribution in [2.75, 3.05) is 30.4 Å². The van der Waals surface area contributed by atoms with Crippen molar-refractivity contribution in [3.05, 3.63) is 90.0 Å². The average Bonchev–Trinajstić information content (AvgIpc) is 2.94. The fourth-order valence-corrected chi connectivity index (χ4v) is 3.94. The Hall–Kier alpha value is -4.61. The summed E-state index contributed by atoms with van der Waals surface area (Å²) in [6, 6.07) is 20.4. The molecule has 11 heteroatoms. The van der Waals surface area contributed by atoms with Crippen LogP contribution in [0.2, 0.25) is 0 Å². The standard InChI is InChI=1S/C31H37N3O8/c1-31(2,3)42-30(40)34(18-26(36)20-41-27-7-5-4-6-8-27)25(19-35)17-21-9-13-23(14-10-21)32-29(39)33-24-15-11-22(12-16-24)28(37)38/h4-16,25-26,35-36H,17-20H2,1-3H3,(H,37,38)(H2,32,33,39). The SMILES string of the molecule is CC(C)(C)OC(=O)N(CC(O)COc1ccccc1)C(CO)Cc1ccc(NC(=O)Nc2ccc(C(=O)O)cc2)cc1. The Labute approximate surface area is 244 Å². The summed E-state index contributed by atoms with van der Waals surface area (Å²) < 4.78 is 11.2. The molecule has 0 aliphatic carbocycles. The van der Waals surface area contributed by atoms with Crippen LogP contribution in [0.3, 0.4) is 0 Å². The number of aliphatic hydroxyl groups excluding tert-OH is 2. The van der Waals surface area contributed by atoms with Crippen molar-refractivity contribution in [3.63, 3.8) is 0 Å². The molecule has 0 saturated heterocycles. The van der Waals surface area contributed by atoms with Crippen molar-refractivity contribution >= 4 is 29.5 Å². The Morgan fingerprint density at radius 2 is 1.45 bits per heavy atom. The number of aliphatic hydroxyl groups is 2.